The molecule has 1 rings (SSSR count). The molecule has 1 heteroatoms. The molecule has 0 N–H and O–H groups in total. The zero-order valence-electron chi connectivity index (χ0n) is 9.96. The maximum absolute atomic E-state index is 5.77. The number of allylic oxidation sites excluding steroid dienone is 3. The molecule has 0 aromatic rings. The molecule has 0 bridgehead atoms. The van der Waals surface area contributed by atoms with Crippen molar-refractivity contribution in [3.05, 3.63) is 36.6 Å². The Hall–Kier alpha value is -0.980. The van der Waals surface area contributed by atoms with Gasteiger partial charge in [0.05, 0.1) is 6.10 Å². The summed E-state index contributed by atoms with van der Waals surface area (Å²) in [4.78, 5) is 0. The molecule has 0 aliphatic heterocycles. The molecule has 1 aliphatic carbocycles. The molecule has 0 spiro atoms. The van der Waals surface area contributed by atoms with E-state index < -0.39 is 0 Å². The summed E-state index contributed by atoms with van der Waals surface area (Å²) in [5.74, 6) is 1.63. The zero-order valence-corrected chi connectivity index (χ0v) is 9.96. The largest absolute Gasteiger partial charge is 0.491 e. The van der Waals surface area contributed by atoms with Gasteiger partial charge >= 0.3 is 0 Å². The summed E-state index contributed by atoms with van der Waals surface area (Å²) in [5.41, 5.74) is 1.03. The molecular weight excluding hydrogens is 184 g/mol. The van der Waals surface area contributed by atoms with Crippen molar-refractivity contribution < 1.29 is 4.74 Å². The molecule has 0 radical (unpaired) electrons. The summed E-state index contributed by atoms with van der Waals surface area (Å²) < 4.78 is 5.77. The summed E-state index contributed by atoms with van der Waals surface area (Å²) >= 11 is 0. The number of hydrogen-bond acceptors (Lipinski definition) is 1. The van der Waals surface area contributed by atoms with Crippen LogP contribution >= 0.6 is 0 Å². The normalized spacial score (nSPS) is 26.5. The Labute approximate surface area is 93.5 Å². The van der Waals surface area contributed by atoms with E-state index in [0.717, 1.165) is 17.3 Å². The van der Waals surface area contributed by atoms with Gasteiger partial charge in [0.25, 0.3) is 0 Å². The smallest absolute Gasteiger partial charge is 0.112 e. The average molecular weight is 206 g/mol. The average Bonchev–Trinajstić information content (AvgIpc) is 2.19. The Balaban J connectivity index is 2.29. The third-order valence-electron chi connectivity index (χ3n) is 2.83. The van der Waals surface area contributed by atoms with E-state index in [2.05, 4.69) is 20.1 Å². The molecular formula is C14H22O. The third-order valence-corrected chi connectivity index (χ3v) is 2.83. The molecule has 0 amide bonds. The van der Waals surface area contributed by atoms with Crippen LogP contribution < -0.4 is 0 Å². The van der Waals surface area contributed by atoms with Gasteiger partial charge in [0, 0.05) is 0 Å². The lowest BCUT2D eigenvalue weighted by molar-refractivity contribution is 0.0777. The minimum atomic E-state index is 0.378. The topological polar surface area (TPSA) is 9.23 Å². The predicted octanol–water partition coefficient (Wildman–Crippen LogP) is 4.23. The molecule has 1 aliphatic rings. The highest BCUT2D eigenvalue weighted by atomic mass is 16.5. The van der Waals surface area contributed by atoms with E-state index in [1.807, 2.05) is 19.1 Å². The van der Waals surface area contributed by atoms with Crippen LogP contribution in [0.25, 0.3) is 0 Å². The van der Waals surface area contributed by atoms with Gasteiger partial charge in [-0.2, -0.15) is 0 Å². The Morgan fingerprint density at radius 2 is 1.73 bits per heavy atom. The van der Waals surface area contributed by atoms with Crippen molar-refractivity contribution in [1.82, 2.24) is 0 Å². The van der Waals surface area contributed by atoms with E-state index in [1.165, 1.54) is 25.7 Å². The van der Waals surface area contributed by atoms with Crippen molar-refractivity contribution in [1.29, 1.82) is 0 Å². The van der Waals surface area contributed by atoms with Gasteiger partial charge in [0.15, 0.2) is 0 Å². The highest BCUT2D eigenvalue weighted by Crippen LogP contribution is 2.26. The van der Waals surface area contributed by atoms with E-state index in [4.69, 9.17) is 4.74 Å². The van der Waals surface area contributed by atoms with E-state index in [1.54, 1.807) is 0 Å². The van der Waals surface area contributed by atoms with Crippen LogP contribution in [0.5, 0.6) is 0 Å². The van der Waals surface area contributed by atoms with Crippen molar-refractivity contribution in [2.75, 3.05) is 0 Å². The van der Waals surface area contributed by atoms with Gasteiger partial charge < -0.3 is 4.74 Å². The van der Waals surface area contributed by atoms with E-state index in [-0.39, 0.29) is 0 Å². The second kappa shape index (κ2) is 5.79. The molecule has 1 saturated carbocycles. The monoisotopic (exact) mass is 206 g/mol. The molecule has 0 heterocycles. The highest BCUT2D eigenvalue weighted by molar-refractivity contribution is 5.19. The minimum Gasteiger partial charge on any atom is -0.491 e. The second-order valence-corrected chi connectivity index (χ2v) is 4.65. The first-order valence-electron chi connectivity index (χ1n) is 5.77. The molecule has 1 fully saturated rings. The van der Waals surface area contributed by atoms with E-state index >= 15 is 0 Å². The van der Waals surface area contributed by atoms with E-state index in [0.29, 0.717) is 6.10 Å². The SMILES string of the molecule is C=C(C)/C=C\C(=C)OC1CCC(C)CC1. The Morgan fingerprint density at radius 1 is 1.13 bits per heavy atom. The van der Waals surface area contributed by atoms with Gasteiger partial charge in [-0.3, -0.25) is 0 Å². The quantitative estimate of drug-likeness (QED) is 0.494. The standard InChI is InChI=1S/C14H22O/c1-11(2)5-8-13(4)15-14-9-6-12(3)7-10-14/h5,8,12,14H,1,4,6-7,9-10H2,2-3H3/b8-5-. The van der Waals surface area contributed by atoms with Crippen LogP contribution in [0.15, 0.2) is 36.6 Å². The molecule has 15 heavy (non-hydrogen) atoms. The van der Waals surface area contributed by atoms with Gasteiger partial charge in [-0.05, 0) is 44.6 Å². The Bertz CT molecular complexity index is 255. The fourth-order valence-electron chi connectivity index (χ4n) is 1.84. The number of rotatable bonds is 4. The summed E-state index contributed by atoms with van der Waals surface area (Å²) in [7, 11) is 0. The molecule has 0 aromatic carbocycles. The maximum Gasteiger partial charge on any atom is 0.112 e. The summed E-state index contributed by atoms with van der Waals surface area (Å²) in [6, 6.07) is 0. The first-order chi connectivity index (χ1) is 7.08. The highest BCUT2D eigenvalue weighted by Gasteiger charge is 2.19. The van der Waals surface area contributed by atoms with Crippen LogP contribution in [0.1, 0.15) is 39.5 Å². The van der Waals surface area contributed by atoms with Crippen LogP contribution in [0.4, 0.5) is 0 Å². The van der Waals surface area contributed by atoms with Crippen molar-refractivity contribution in [3.63, 3.8) is 0 Å². The predicted molar refractivity (Wildman–Crippen MR) is 65.6 cm³/mol. The number of hydrogen-bond donors (Lipinski definition) is 0. The third kappa shape index (κ3) is 4.87. The van der Waals surface area contributed by atoms with Crippen LogP contribution in [-0.4, -0.2) is 6.10 Å². The molecule has 0 aromatic heterocycles. The first kappa shape index (κ1) is 12.1. The molecule has 0 atom stereocenters. The van der Waals surface area contributed by atoms with Gasteiger partial charge in [0.1, 0.15) is 5.76 Å². The lowest BCUT2D eigenvalue weighted by Crippen LogP contribution is -2.19. The van der Waals surface area contributed by atoms with Crippen molar-refractivity contribution >= 4 is 0 Å². The Morgan fingerprint density at radius 3 is 2.27 bits per heavy atom. The van der Waals surface area contributed by atoms with Crippen LogP contribution in [0.2, 0.25) is 0 Å². The van der Waals surface area contributed by atoms with Gasteiger partial charge in [-0.1, -0.05) is 31.7 Å². The van der Waals surface area contributed by atoms with Gasteiger partial charge in [0.2, 0.25) is 0 Å². The summed E-state index contributed by atoms with van der Waals surface area (Å²) in [5, 5.41) is 0. The lowest BCUT2D eigenvalue weighted by Gasteiger charge is -2.26. The van der Waals surface area contributed by atoms with Crippen LogP contribution in [0, 0.1) is 5.92 Å². The molecule has 0 unspecified atom stereocenters. The lowest BCUT2D eigenvalue weighted by atomic mass is 9.89. The van der Waals surface area contributed by atoms with Crippen molar-refractivity contribution in [2.24, 2.45) is 5.92 Å². The van der Waals surface area contributed by atoms with Gasteiger partial charge in [-0.25, -0.2) is 0 Å². The van der Waals surface area contributed by atoms with Crippen LogP contribution in [-0.2, 0) is 4.74 Å². The molecule has 0 saturated heterocycles. The van der Waals surface area contributed by atoms with E-state index in [9.17, 15) is 0 Å². The fourth-order valence-corrected chi connectivity index (χ4v) is 1.84. The first-order valence-corrected chi connectivity index (χ1v) is 5.77. The second-order valence-electron chi connectivity index (χ2n) is 4.65. The van der Waals surface area contributed by atoms with Crippen molar-refractivity contribution in [2.45, 2.75) is 45.6 Å². The zero-order chi connectivity index (χ0) is 11.3. The minimum absolute atomic E-state index is 0.378. The fraction of sp³-hybridized carbons (Fsp3) is 0.571. The molecule has 84 valence electrons. The van der Waals surface area contributed by atoms with Crippen molar-refractivity contribution in [3.8, 4) is 0 Å². The van der Waals surface area contributed by atoms with Gasteiger partial charge in [-0.15, -0.1) is 0 Å². The maximum atomic E-state index is 5.77. The Kier molecular flexibility index (Phi) is 4.67. The number of ether oxygens (including phenoxy) is 1. The summed E-state index contributed by atoms with van der Waals surface area (Å²) in [6.45, 7) is 12.0. The molecule has 1 nitrogen and oxygen atoms in total. The summed E-state index contributed by atoms with van der Waals surface area (Å²) in [6.07, 6.45) is 9.11. The van der Waals surface area contributed by atoms with Crippen LogP contribution in [0.3, 0.4) is 0 Å².